The summed E-state index contributed by atoms with van der Waals surface area (Å²) in [6.45, 7) is 14.8. The van der Waals surface area contributed by atoms with E-state index in [0.717, 1.165) is 0 Å². The third kappa shape index (κ3) is 7.56. The molecular weight excluding hydrogens is 448 g/mol. The average Bonchev–Trinajstić information content (AvgIpc) is 2.82. The van der Waals surface area contributed by atoms with Crippen molar-refractivity contribution in [2.45, 2.75) is 52.7 Å². The predicted octanol–water partition coefficient (Wildman–Crippen LogP) is 3.16. The van der Waals surface area contributed by atoms with Crippen LogP contribution >= 0.6 is 0 Å². The smallest absolute Gasteiger partial charge is 0.410 e. The molecule has 1 heterocycles. The summed E-state index contributed by atoms with van der Waals surface area (Å²) in [5.41, 5.74) is 0.582. The molecule has 35 heavy (non-hydrogen) atoms. The molecule has 0 radical (unpaired) electrons. The monoisotopic (exact) mass is 486 g/mol. The number of nitrogens with zero attached hydrogens (tertiary/aromatic N) is 4. The van der Waals surface area contributed by atoms with Crippen LogP contribution in [0.2, 0.25) is 0 Å². The van der Waals surface area contributed by atoms with E-state index in [2.05, 4.69) is 6.58 Å². The lowest BCUT2D eigenvalue weighted by molar-refractivity contribution is -0.133. The molecule has 1 aliphatic heterocycles. The number of carbonyl (C=O) groups excluding carboxylic acids is 4. The van der Waals surface area contributed by atoms with Crippen LogP contribution in [0.1, 0.15) is 51.4 Å². The van der Waals surface area contributed by atoms with Gasteiger partial charge in [-0.3, -0.25) is 14.4 Å². The number of ether oxygens (including phenoxy) is 1. The van der Waals surface area contributed by atoms with E-state index >= 15 is 0 Å². The van der Waals surface area contributed by atoms with Crippen molar-refractivity contribution in [3.8, 4) is 0 Å². The summed E-state index contributed by atoms with van der Waals surface area (Å²) in [4.78, 5) is 56.5. The van der Waals surface area contributed by atoms with E-state index in [1.807, 2.05) is 34.6 Å². The Morgan fingerprint density at radius 3 is 2.09 bits per heavy atom. The second kappa shape index (κ2) is 11.9. The molecule has 9 heteroatoms. The van der Waals surface area contributed by atoms with Crippen LogP contribution in [0.4, 0.5) is 10.5 Å². The maximum Gasteiger partial charge on any atom is 0.410 e. The van der Waals surface area contributed by atoms with E-state index < -0.39 is 5.60 Å². The van der Waals surface area contributed by atoms with Crippen molar-refractivity contribution in [1.82, 2.24) is 14.7 Å². The number of hydrogen-bond donors (Lipinski definition) is 0. The van der Waals surface area contributed by atoms with E-state index in [9.17, 15) is 19.2 Å². The number of carbonyl (C=O) groups is 4. The van der Waals surface area contributed by atoms with E-state index in [1.165, 1.54) is 11.0 Å². The Kier molecular flexibility index (Phi) is 9.45. The summed E-state index contributed by atoms with van der Waals surface area (Å²) < 4.78 is 5.41. The van der Waals surface area contributed by atoms with E-state index in [4.69, 9.17) is 4.74 Å². The number of piperazine rings is 1. The van der Waals surface area contributed by atoms with Gasteiger partial charge in [0.25, 0.3) is 5.91 Å². The molecule has 1 aromatic rings. The van der Waals surface area contributed by atoms with Crippen molar-refractivity contribution >= 4 is 29.5 Å². The van der Waals surface area contributed by atoms with E-state index in [-0.39, 0.29) is 36.3 Å². The minimum absolute atomic E-state index is 0.0486. The van der Waals surface area contributed by atoms with Gasteiger partial charge in [0, 0.05) is 63.5 Å². The Bertz CT molecular complexity index is 930. The standard InChI is InChI=1S/C26H38N4O5/c1-8-22(31)27(7)21-12-10-20(11-13-21)24(33)30(9-2)19(3)18-23(32)28-14-16-29(17-15-28)25(34)35-26(4,5)6/h8,10-13,19H,1,9,14-18H2,2-7H3. The highest BCUT2D eigenvalue weighted by Gasteiger charge is 2.29. The number of hydrogen-bond acceptors (Lipinski definition) is 5. The zero-order valence-electron chi connectivity index (χ0n) is 21.7. The van der Waals surface area contributed by atoms with Gasteiger partial charge in [-0.15, -0.1) is 0 Å². The maximum absolute atomic E-state index is 13.1. The molecule has 1 atom stereocenters. The highest BCUT2D eigenvalue weighted by atomic mass is 16.6. The molecule has 1 aliphatic rings. The molecule has 2 rings (SSSR count). The highest BCUT2D eigenvalue weighted by molar-refractivity contribution is 6.01. The van der Waals surface area contributed by atoms with Crippen LogP contribution in [-0.4, -0.2) is 89.9 Å². The Balaban J connectivity index is 1.95. The predicted molar refractivity (Wildman–Crippen MR) is 135 cm³/mol. The van der Waals surface area contributed by atoms with Crippen molar-refractivity contribution in [2.24, 2.45) is 0 Å². The SMILES string of the molecule is C=CC(=O)N(C)c1ccc(C(=O)N(CC)C(C)CC(=O)N2CCN(C(=O)OC(C)(C)C)CC2)cc1. The topological polar surface area (TPSA) is 90.5 Å². The number of rotatable bonds is 7. The van der Waals surface area contributed by atoms with Gasteiger partial charge in [-0.25, -0.2) is 4.79 Å². The molecule has 1 unspecified atom stereocenters. The molecule has 0 N–H and O–H groups in total. The first-order valence-corrected chi connectivity index (χ1v) is 11.9. The van der Waals surface area contributed by atoms with Gasteiger partial charge in [0.15, 0.2) is 0 Å². The Labute approximate surface area is 208 Å². The minimum Gasteiger partial charge on any atom is -0.444 e. The molecule has 9 nitrogen and oxygen atoms in total. The largest absolute Gasteiger partial charge is 0.444 e. The quantitative estimate of drug-likeness (QED) is 0.552. The lowest BCUT2D eigenvalue weighted by atomic mass is 10.1. The van der Waals surface area contributed by atoms with Crippen LogP contribution < -0.4 is 4.90 Å². The fourth-order valence-electron chi connectivity index (χ4n) is 3.87. The second-order valence-electron chi connectivity index (χ2n) is 9.64. The minimum atomic E-state index is -0.561. The first-order valence-electron chi connectivity index (χ1n) is 11.9. The van der Waals surface area contributed by atoms with Gasteiger partial charge in [-0.05, 0) is 65.0 Å². The number of likely N-dealkylation sites (N-methyl/N-ethyl adjacent to an activating group) is 1. The van der Waals surface area contributed by atoms with Crippen molar-refractivity contribution in [2.75, 3.05) is 44.7 Å². The van der Waals surface area contributed by atoms with Gasteiger partial charge >= 0.3 is 6.09 Å². The van der Waals surface area contributed by atoms with Crippen molar-refractivity contribution in [3.05, 3.63) is 42.5 Å². The number of benzene rings is 1. The first-order chi connectivity index (χ1) is 16.4. The average molecular weight is 487 g/mol. The third-order valence-corrected chi connectivity index (χ3v) is 5.89. The first kappa shape index (κ1) is 27.9. The lowest BCUT2D eigenvalue weighted by Gasteiger charge is -2.36. The Morgan fingerprint density at radius 2 is 1.60 bits per heavy atom. The molecule has 0 spiro atoms. The van der Waals surface area contributed by atoms with Crippen LogP contribution in [0, 0.1) is 0 Å². The van der Waals surface area contributed by atoms with Crippen molar-refractivity contribution < 1.29 is 23.9 Å². The van der Waals surface area contributed by atoms with Gasteiger partial charge in [0.2, 0.25) is 11.8 Å². The summed E-state index contributed by atoms with van der Waals surface area (Å²) in [5, 5.41) is 0. The van der Waals surface area contributed by atoms with Crippen molar-refractivity contribution in [3.63, 3.8) is 0 Å². The zero-order valence-corrected chi connectivity index (χ0v) is 21.7. The molecule has 0 aliphatic carbocycles. The normalized spacial score (nSPS) is 14.7. The summed E-state index contributed by atoms with van der Waals surface area (Å²) in [7, 11) is 1.64. The van der Waals surface area contributed by atoms with Gasteiger partial charge in [0.05, 0.1) is 0 Å². The Morgan fingerprint density at radius 1 is 1.06 bits per heavy atom. The van der Waals surface area contributed by atoms with Gasteiger partial charge in [-0.1, -0.05) is 6.58 Å². The molecule has 0 aromatic heterocycles. The molecule has 0 saturated carbocycles. The van der Waals surface area contributed by atoms with E-state index in [0.29, 0.717) is 44.0 Å². The van der Waals surface area contributed by atoms with Crippen LogP contribution in [0.5, 0.6) is 0 Å². The number of amides is 4. The summed E-state index contributed by atoms with van der Waals surface area (Å²) in [6, 6.07) is 6.48. The fraction of sp³-hybridized carbons (Fsp3) is 0.538. The highest BCUT2D eigenvalue weighted by Crippen LogP contribution is 2.18. The molecule has 192 valence electrons. The zero-order chi connectivity index (χ0) is 26.3. The van der Waals surface area contributed by atoms with Gasteiger partial charge in [-0.2, -0.15) is 0 Å². The van der Waals surface area contributed by atoms with Crippen LogP contribution in [-0.2, 0) is 14.3 Å². The molecule has 0 bridgehead atoms. The molecule has 4 amide bonds. The van der Waals surface area contributed by atoms with E-state index in [1.54, 1.807) is 46.0 Å². The van der Waals surface area contributed by atoms with Crippen LogP contribution in [0.15, 0.2) is 36.9 Å². The van der Waals surface area contributed by atoms with Gasteiger partial charge in [0.1, 0.15) is 5.60 Å². The lowest BCUT2D eigenvalue weighted by Crippen LogP contribution is -2.52. The summed E-state index contributed by atoms with van der Waals surface area (Å²) in [6.07, 6.45) is 1.06. The summed E-state index contributed by atoms with van der Waals surface area (Å²) >= 11 is 0. The molecular formula is C26H38N4O5. The summed E-state index contributed by atoms with van der Waals surface area (Å²) in [5.74, 6) is -0.461. The molecule has 1 fully saturated rings. The van der Waals surface area contributed by atoms with Crippen molar-refractivity contribution in [1.29, 1.82) is 0 Å². The number of anilines is 1. The van der Waals surface area contributed by atoms with Crippen LogP contribution in [0.25, 0.3) is 0 Å². The maximum atomic E-state index is 13.1. The third-order valence-electron chi connectivity index (χ3n) is 5.89. The second-order valence-corrected chi connectivity index (χ2v) is 9.64. The van der Waals surface area contributed by atoms with Gasteiger partial charge < -0.3 is 24.3 Å². The Hall–Kier alpha value is -3.36. The molecule has 1 saturated heterocycles. The molecule has 1 aromatic carbocycles. The van der Waals surface area contributed by atoms with Crippen LogP contribution in [0.3, 0.4) is 0 Å². The fourth-order valence-corrected chi connectivity index (χ4v) is 3.87.